The number of hydrogen-bond donors (Lipinski definition) is 0. The highest BCUT2D eigenvalue weighted by Gasteiger charge is 2.63. The van der Waals surface area contributed by atoms with Crippen LogP contribution in [0.2, 0.25) is 0 Å². The van der Waals surface area contributed by atoms with Crippen LogP contribution in [-0.2, 0) is 16.2 Å². The van der Waals surface area contributed by atoms with E-state index in [2.05, 4.69) is 204 Å². The van der Waals surface area contributed by atoms with Crippen molar-refractivity contribution in [3.05, 3.63) is 150 Å². The smallest absolute Gasteiger partial charge is 0.252 e. The maximum Gasteiger partial charge on any atom is 0.252 e. The fraction of sp³-hybridized carbons (Fsp3) is 0.280. The normalized spacial score (nSPS) is 20.8. The van der Waals surface area contributed by atoms with Crippen LogP contribution in [-0.4, -0.2) is 12.3 Å². The third-order valence-corrected chi connectivity index (χ3v) is 13.6. The van der Waals surface area contributed by atoms with Crippen molar-refractivity contribution in [2.24, 2.45) is 0 Å². The standard InChI is InChI=1S/C50H50BN3/c1-47(2,3)33-22-25-36(26-23-33)53-43-27-24-34(48(4,5)6)30-40(43)51-39-19-13-15-21-42(39)52(35-16-10-9-11-17-35)44-31-37(32-45(53)46(44)51)54-41-20-14-12-18-38(41)49(7)28-29-50(49,54)8/h9-27,30-32H,28-29H2,1-8H3. The van der Waals surface area contributed by atoms with E-state index in [1.807, 2.05) is 0 Å². The van der Waals surface area contributed by atoms with Gasteiger partial charge in [-0.25, -0.2) is 0 Å². The van der Waals surface area contributed by atoms with Gasteiger partial charge in [0, 0.05) is 50.9 Å². The molecule has 6 aromatic rings. The second kappa shape index (κ2) is 11.2. The van der Waals surface area contributed by atoms with Crippen LogP contribution < -0.4 is 31.1 Å². The Morgan fingerprint density at radius 2 is 1.04 bits per heavy atom. The highest BCUT2D eigenvalue weighted by Crippen LogP contribution is 2.65. The average Bonchev–Trinajstić information content (AvgIpc) is 3.29. The number of fused-ring (bicyclic) bond motifs is 7. The van der Waals surface area contributed by atoms with Crippen LogP contribution >= 0.6 is 0 Å². The molecule has 1 aliphatic carbocycles. The van der Waals surface area contributed by atoms with E-state index in [-0.39, 0.29) is 28.5 Å². The van der Waals surface area contributed by atoms with Crippen molar-refractivity contribution in [1.82, 2.24) is 0 Å². The van der Waals surface area contributed by atoms with Crippen molar-refractivity contribution >= 4 is 68.6 Å². The van der Waals surface area contributed by atoms with Crippen molar-refractivity contribution in [1.29, 1.82) is 0 Å². The van der Waals surface area contributed by atoms with Crippen molar-refractivity contribution in [2.45, 2.75) is 90.0 Å². The number of anilines is 8. The molecule has 54 heavy (non-hydrogen) atoms. The van der Waals surface area contributed by atoms with Crippen LogP contribution in [0.3, 0.4) is 0 Å². The molecule has 0 spiro atoms. The molecule has 0 radical (unpaired) electrons. The molecule has 0 aromatic heterocycles. The topological polar surface area (TPSA) is 9.72 Å². The van der Waals surface area contributed by atoms with Gasteiger partial charge in [0.2, 0.25) is 0 Å². The van der Waals surface area contributed by atoms with Gasteiger partial charge in [0.25, 0.3) is 6.71 Å². The van der Waals surface area contributed by atoms with Crippen LogP contribution in [0.5, 0.6) is 0 Å². The third kappa shape index (κ3) is 4.49. The quantitative estimate of drug-likeness (QED) is 0.170. The van der Waals surface area contributed by atoms with Gasteiger partial charge >= 0.3 is 0 Å². The summed E-state index contributed by atoms with van der Waals surface area (Å²) in [6, 6.07) is 51.1. The Morgan fingerprint density at radius 3 is 1.67 bits per heavy atom. The molecule has 3 nitrogen and oxygen atoms in total. The molecule has 10 rings (SSSR count). The van der Waals surface area contributed by atoms with Crippen LogP contribution in [0, 0.1) is 0 Å². The average molecular weight is 704 g/mol. The van der Waals surface area contributed by atoms with Gasteiger partial charge in [0.05, 0.1) is 5.54 Å². The van der Waals surface area contributed by atoms with E-state index >= 15 is 0 Å². The molecule has 4 aliphatic rings. The molecular weight excluding hydrogens is 653 g/mol. The number of nitrogens with zero attached hydrogens (tertiary/aromatic N) is 3. The lowest BCUT2D eigenvalue weighted by Gasteiger charge is -2.56. The van der Waals surface area contributed by atoms with Crippen molar-refractivity contribution in [3.8, 4) is 0 Å². The Labute approximate surface area is 322 Å². The first-order chi connectivity index (χ1) is 25.8. The van der Waals surface area contributed by atoms with Gasteiger partial charge < -0.3 is 14.7 Å². The van der Waals surface area contributed by atoms with Gasteiger partial charge in [-0.15, -0.1) is 0 Å². The second-order valence-corrected chi connectivity index (χ2v) is 18.7. The zero-order chi connectivity index (χ0) is 37.4. The lowest BCUT2D eigenvalue weighted by atomic mass is 9.33. The lowest BCUT2D eigenvalue weighted by molar-refractivity contribution is 0.133. The van der Waals surface area contributed by atoms with Gasteiger partial charge in [0.15, 0.2) is 0 Å². The first-order valence-electron chi connectivity index (χ1n) is 19.9. The zero-order valence-electron chi connectivity index (χ0n) is 33.0. The number of rotatable bonds is 3. The van der Waals surface area contributed by atoms with Gasteiger partial charge in [-0.1, -0.05) is 127 Å². The fourth-order valence-electron chi connectivity index (χ4n) is 10.2. The van der Waals surface area contributed by atoms with Crippen LogP contribution in [0.15, 0.2) is 133 Å². The summed E-state index contributed by atoms with van der Waals surface area (Å²) in [5, 5.41) is 0. The number of para-hydroxylation sites is 3. The summed E-state index contributed by atoms with van der Waals surface area (Å²) in [6.07, 6.45) is 2.37. The first kappa shape index (κ1) is 33.4. The minimum absolute atomic E-state index is 0.0133. The van der Waals surface area contributed by atoms with Crippen LogP contribution in [0.25, 0.3) is 0 Å². The molecule has 2 unspecified atom stereocenters. The molecule has 2 atom stereocenters. The highest BCUT2D eigenvalue weighted by atomic mass is 15.3. The maximum absolute atomic E-state index is 2.71. The molecular formula is C50H50BN3. The van der Waals surface area contributed by atoms with Gasteiger partial charge in [-0.05, 0) is 118 Å². The maximum atomic E-state index is 2.71. The Bertz CT molecular complexity index is 2470. The SMILES string of the molecule is CC(C)(C)c1ccc(N2c3ccc(C(C)(C)C)cc3B3c4ccccc4N(c4ccccc4)c4cc(N5c6ccccc6C6(C)CCC56C)cc2c43)cc1. The lowest BCUT2D eigenvalue weighted by Crippen LogP contribution is -2.62. The van der Waals surface area contributed by atoms with Gasteiger partial charge in [-0.3, -0.25) is 0 Å². The minimum Gasteiger partial charge on any atom is -0.334 e. The van der Waals surface area contributed by atoms with Crippen LogP contribution in [0.4, 0.5) is 45.5 Å². The number of benzene rings is 6. The monoisotopic (exact) mass is 703 g/mol. The third-order valence-electron chi connectivity index (χ3n) is 13.6. The summed E-state index contributed by atoms with van der Waals surface area (Å²) in [4.78, 5) is 7.83. The van der Waals surface area contributed by atoms with E-state index < -0.39 is 0 Å². The molecule has 1 saturated carbocycles. The molecule has 3 heterocycles. The minimum atomic E-state index is -0.0193. The second-order valence-electron chi connectivity index (χ2n) is 18.7. The zero-order valence-corrected chi connectivity index (χ0v) is 33.0. The van der Waals surface area contributed by atoms with Crippen molar-refractivity contribution in [2.75, 3.05) is 14.7 Å². The number of hydrogen-bond acceptors (Lipinski definition) is 3. The van der Waals surface area contributed by atoms with Gasteiger partial charge in [-0.2, -0.15) is 0 Å². The summed E-state index contributed by atoms with van der Waals surface area (Å²) in [7, 11) is 0. The molecule has 0 saturated heterocycles. The Kier molecular flexibility index (Phi) is 6.90. The fourth-order valence-corrected chi connectivity index (χ4v) is 10.2. The van der Waals surface area contributed by atoms with E-state index in [4.69, 9.17) is 0 Å². The first-order valence-corrected chi connectivity index (χ1v) is 19.9. The summed E-state index contributed by atoms with van der Waals surface area (Å²) < 4.78 is 0. The Balaban J connectivity index is 1.31. The van der Waals surface area contributed by atoms with Crippen molar-refractivity contribution < 1.29 is 0 Å². The molecule has 1 fully saturated rings. The van der Waals surface area contributed by atoms with E-state index in [0.717, 1.165) is 6.42 Å². The predicted octanol–water partition coefficient (Wildman–Crippen LogP) is 11.3. The summed E-state index contributed by atoms with van der Waals surface area (Å²) in [6.45, 7) is 19.0. The molecule has 268 valence electrons. The summed E-state index contributed by atoms with van der Waals surface area (Å²) in [5.41, 5.74) is 18.4. The molecule has 4 heteroatoms. The molecule has 0 N–H and O–H groups in total. The van der Waals surface area contributed by atoms with Crippen molar-refractivity contribution in [3.63, 3.8) is 0 Å². The molecule has 3 aliphatic heterocycles. The summed E-state index contributed by atoms with van der Waals surface area (Å²) >= 11 is 0. The van der Waals surface area contributed by atoms with E-state index in [9.17, 15) is 0 Å². The predicted molar refractivity (Wildman–Crippen MR) is 231 cm³/mol. The highest BCUT2D eigenvalue weighted by molar-refractivity contribution is 7.00. The molecule has 0 amide bonds. The van der Waals surface area contributed by atoms with E-state index in [0.29, 0.717) is 0 Å². The Hall–Kier alpha value is -5.22. The van der Waals surface area contributed by atoms with E-state index in [1.54, 1.807) is 0 Å². The van der Waals surface area contributed by atoms with E-state index in [1.165, 1.54) is 85.0 Å². The Morgan fingerprint density at radius 1 is 0.481 bits per heavy atom. The van der Waals surface area contributed by atoms with Gasteiger partial charge in [0.1, 0.15) is 0 Å². The molecule has 6 aromatic carbocycles. The molecule has 0 bridgehead atoms. The van der Waals surface area contributed by atoms with Crippen LogP contribution in [0.1, 0.15) is 84.9 Å². The summed E-state index contributed by atoms with van der Waals surface area (Å²) in [5.74, 6) is 0. The largest absolute Gasteiger partial charge is 0.334 e.